The van der Waals surface area contributed by atoms with Crippen molar-refractivity contribution in [1.29, 1.82) is 0 Å². The van der Waals surface area contributed by atoms with E-state index in [1.165, 1.54) is 16.7 Å². The second-order valence-corrected chi connectivity index (χ2v) is 11.1. The Labute approximate surface area is 248 Å². The maximum Gasteiger partial charge on any atom is 0.326 e. The molecule has 3 aromatic carbocycles. The first-order valence-corrected chi connectivity index (χ1v) is 14.3. The number of carbonyl (C=O) groups is 3. The van der Waals surface area contributed by atoms with Crippen LogP contribution >= 0.6 is 0 Å². The molecule has 6 rings (SSSR count). The SMILES string of the molecule is C[C@H]1COC(=O)CN1.Cc1ccc(C2O[C@H](c3ccc(C)cc3)C3C(=O)OC[C@H](C)N23)cc1.Cc1ccc(C=O)cc1. The van der Waals surface area contributed by atoms with Crippen LogP contribution in [-0.2, 0) is 23.8 Å². The van der Waals surface area contributed by atoms with Crippen LogP contribution in [0.5, 0.6) is 0 Å². The lowest BCUT2D eigenvalue weighted by atomic mass is 9.98. The average molecular weight is 573 g/mol. The highest BCUT2D eigenvalue weighted by atomic mass is 16.6. The molecule has 42 heavy (non-hydrogen) atoms. The van der Waals surface area contributed by atoms with Crippen molar-refractivity contribution in [1.82, 2.24) is 10.2 Å². The molecular formula is C34H40N2O6. The lowest BCUT2D eigenvalue weighted by Gasteiger charge is -2.37. The molecule has 8 nitrogen and oxygen atoms in total. The van der Waals surface area contributed by atoms with Crippen molar-refractivity contribution in [2.75, 3.05) is 19.8 Å². The number of hydrogen-bond acceptors (Lipinski definition) is 8. The second kappa shape index (κ2) is 14.4. The molecule has 8 heteroatoms. The monoisotopic (exact) mass is 572 g/mol. The summed E-state index contributed by atoms with van der Waals surface area (Å²) in [6, 6.07) is 24.0. The summed E-state index contributed by atoms with van der Waals surface area (Å²) in [4.78, 5) is 35.2. The number of carbonyl (C=O) groups excluding carboxylic acids is 3. The number of nitrogens with one attached hydrogen (secondary N) is 1. The minimum Gasteiger partial charge on any atom is -0.463 e. The van der Waals surface area contributed by atoms with Gasteiger partial charge in [0, 0.05) is 17.6 Å². The van der Waals surface area contributed by atoms with Crippen LogP contribution in [0.4, 0.5) is 0 Å². The first-order valence-electron chi connectivity index (χ1n) is 14.3. The summed E-state index contributed by atoms with van der Waals surface area (Å²) in [5.74, 6) is -0.346. The minimum absolute atomic E-state index is 0.115. The molecule has 3 heterocycles. The van der Waals surface area contributed by atoms with Crippen LogP contribution in [0.15, 0.2) is 72.8 Å². The van der Waals surface area contributed by atoms with Gasteiger partial charge in [0.1, 0.15) is 37.9 Å². The van der Waals surface area contributed by atoms with Crippen LogP contribution in [0.2, 0.25) is 0 Å². The van der Waals surface area contributed by atoms with Gasteiger partial charge in [-0.25, -0.2) is 0 Å². The van der Waals surface area contributed by atoms with Crippen molar-refractivity contribution in [2.24, 2.45) is 0 Å². The summed E-state index contributed by atoms with van der Waals surface area (Å²) < 4.78 is 16.5. The number of benzene rings is 3. The zero-order valence-corrected chi connectivity index (χ0v) is 24.9. The van der Waals surface area contributed by atoms with E-state index in [-0.39, 0.29) is 30.3 Å². The smallest absolute Gasteiger partial charge is 0.326 e. The molecule has 0 bridgehead atoms. The Bertz CT molecular complexity index is 1330. The van der Waals surface area contributed by atoms with Crippen LogP contribution in [-0.4, -0.2) is 61.0 Å². The number of aldehydes is 1. The molecule has 3 fully saturated rings. The molecule has 2 unspecified atom stereocenters. The maximum atomic E-state index is 12.6. The highest BCUT2D eigenvalue weighted by molar-refractivity contribution is 5.78. The Morgan fingerprint density at radius 2 is 1.31 bits per heavy atom. The number of esters is 2. The fourth-order valence-electron chi connectivity index (χ4n) is 4.94. The first kappa shape index (κ1) is 31.1. The zero-order chi connectivity index (χ0) is 30.2. The lowest BCUT2D eigenvalue weighted by molar-refractivity contribution is -0.161. The summed E-state index contributed by atoms with van der Waals surface area (Å²) in [6.45, 7) is 11.5. The number of rotatable bonds is 3. The van der Waals surface area contributed by atoms with Gasteiger partial charge in [-0.3, -0.25) is 19.3 Å². The summed E-state index contributed by atoms with van der Waals surface area (Å²) in [7, 11) is 0. The number of aryl methyl sites for hydroxylation is 3. The van der Waals surface area contributed by atoms with Crippen molar-refractivity contribution in [2.45, 2.75) is 65.1 Å². The van der Waals surface area contributed by atoms with E-state index in [0.29, 0.717) is 25.8 Å². The Morgan fingerprint density at radius 1 is 0.762 bits per heavy atom. The van der Waals surface area contributed by atoms with Gasteiger partial charge in [-0.2, -0.15) is 0 Å². The van der Waals surface area contributed by atoms with Gasteiger partial charge >= 0.3 is 11.9 Å². The van der Waals surface area contributed by atoms with Crippen molar-refractivity contribution in [3.8, 4) is 0 Å². The van der Waals surface area contributed by atoms with E-state index < -0.39 is 6.04 Å². The number of ether oxygens (including phenoxy) is 3. The standard InChI is InChI=1S/C21H23NO3.C8H8O.C5H9NO2/c1-13-4-8-16(9-5-13)19-18-21(23)24-12-15(3)22(18)20(25-19)17-10-6-14(2)7-11-17;1-7-2-4-8(6-9)5-3-7;1-4-3-8-5(7)2-6-4/h4-11,15,18-20H,12H2,1-3H3;2-6H,1H3;4,6H,2-3H2,1H3/t15-,18?,19+,20?;;4-/m0.0/s1. The van der Waals surface area contributed by atoms with E-state index in [1.807, 2.05) is 50.2 Å². The highest BCUT2D eigenvalue weighted by Gasteiger charge is 2.52. The van der Waals surface area contributed by atoms with Crippen LogP contribution in [0.1, 0.15) is 64.4 Å². The van der Waals surface area contributed by atoms with Gasteiger partial charge in [0.2, 0.25) is 0 Å². The first-order chi connectivity index (χ1) is 20.2. The van der Waals surface area contributed by atoms with E-state index in [2.05, 4.69) is 72.1 Å². The van der Waals surface area contributed by atoms with Crippen LogP contribution in [0.3, 0.4) is 0 Å². The molecule has 0 spiro atoms. The fraction of sp³-hybridized carbons (Fsp3) is 0.382. The average Bonchev–Trinajstić information content (AvgIpc) is 3.40. The molecule has 0 aliphatic carbocycles. The number of nitrogens with zero attached hydrogens (tertiary/aromatic N) is 1. The molecule has 1 N–H and O–H groups in total. The van der Waals surface area contributed by atoms with E-state index >= 15 is 0 Å². The number of cyclic esters (lactones) is 2. The van der Waals surface area contributed by atoms with Gasteiger partial charge in [-0.15, -0.1) is 0 Å². The predicted molar refractivity (Wildman–Crippen MR) is 160 cm³/mol. The fourth-order valence-corrected chi connectivity index (χ4v) is 4.94. The Hall–Kier alpha value is -3.85. The van der Waals surface area contributed by atoms with E-state index in [1.54, 1.807) is 0 Å². The molecule has 5 atom stereocenters. The summed E-state index contributed by atoms with van der Waals surface area (Å²) >= 11 is 0. The van der Waals surface area contributed by atoms with Gasteiger partial charge in [0.05, 0.1) is 6.54 Å². The molecule has 3 aliphatic heterocycles. The largest absolute Gasteiger partial charge is 0.463 e. The maximum absolute atomic E-state index is 12.6. The molecule has 3 aliphatic rings. The van der Waals surface area contributed by atoms with Crippen molar-refractivity contribution in [3.05, 3.63) is 106 Å². The Morgan fingerprint density at radius 3 is 1.81 bits per heavy atom. The zero-order valence-electron chi connectivity index (χ0n) is 24.9. The number of hydrogen-bond donors (Lipinski definition) is 1. The normalized spacial score (nSPS) is 25.0. The molecule has 0 aromatic heterocycles. The van der Waals surface area contributed by atoms with E-state index in [4.69, 9.17) is 9.47 Å². The highest BCUT2D eigenvalue weighted by Crippen LogP contribution is 2.45. The molecule has 0 radical (unpaired) electrons. The van der Waals surface area contributed by atoms with Gasteiger partial charge in [-0.05, 0) is 45.7 Å². The molecule has 0 saturated carbocycles. The summed E-state index contributed by atoms with van der Waals surface area (Å²) in [5, 5.41) is 2.96. The third-order valence-electron chi connectivity index (χ3n) is 7.44. The van der Waals surface area contributed by atoms with Gasteiger partial charge in [0.25, 0.3) is 0 Å². The predicted octanol–water partition coefficient (Wildman–Crippen LogP) is 5.02. The van der Waals surface area contributed by atoms with Crippen molar-refractivity contribution >= 4 is 18.2 Å². The van der Waals surface area contributed by atoms with E-state index in [0.717, 1.165) is 23.0 Å². The van der Waals surface area contributed by atoms with Crippen molar-refractivity contribution in [3.63, 3.8) is 0 Å². The lowest BCUT2D eigenvalue weighted by Crippen LogP contribution is -2.52. The summed E-state index contributed by atoms with van der Waals surface area (Å²) in [5.41, 5.74) is 6.40. The van der Waals surface area contributed by atoms with Gasteiger partial charge in [-0.1, -0.05) is 89.5 Å². The molecule has 3 saturated heterocycles. The molecule has 3 aromatic rings. The van der Waals surface area contributed by atoms with Crippen LogP contribution in [0, 0.1) is 20.8 Å². The molecular weight excluding hydrogens is 532 g/mol. The summed E-state index contributed by atoms with van der Waals surface area (Å²) in [6.07, 6.45) is 0.293. The van der Waals surface area contributed by atoms with Crippen molar-refractivity contribution < 1.29 is 28.6 Å². The molecule has 222 valence electrons. The van der Waals surface area contributed by atoms with Crippen LogP contribution in [0.25, 0.3) is 0 Å². The number of morpholine rings is 2. The van der Waals surface area contributed by atoms with Gasteiger partial charge < -0.3 is 19.5 Å². The molecule has 0 amide bonds. The number of fused-ring (bicyclic) bond motifs is 1. The quantitative estimate of drug-likeness (QED) is 0.346. The minimum atomic E-state index is -0.405. The Balaban J connectivity index is 0.000000194. The van der Waals surface area contributed by atoms with Gasteiger partial charge in [0.15, 0.2) is 0 Å². The topological polar surface area (TPSA) is 94.2 Å². The third kappa shape index (κ3) is 7.91. The van der Waals surface area contributed by atoms with E-state index in [9.17, 15) is 14.4 Å². The second-order valence-electron chi connectivity index (χ2n) is 11.1. The van der Waals surface area contributed by atoms with Crippen LogP contribution < -0.4 is 5.32 Å². The third-order valence-corrected chi connectivity index (χ3v) is 7.44. The Kier molecular flexibility index (Phi) is 10.6.